The predicted molar refractivity (Wildman–Crippen MR) is 88.4 cm³/mol. The molecule has 0 radical (unpaired) electrons. The van der Waals surface area contributed by atoms with E-state index >= 15 is 0 Å². The maximum absolute atomic E-state index is 3.60. The van der Waals surface area contributed by atoms with Crippen LogP contribution in [0.2, 0.25) is 0 Å². The lowest BCUT2D eigenvalue weighted by Crippen LogP contribution is -2.46. The Kier molecular flexibility index (Phi) is 5.67. The first-order valence-corrected chi connectivity index (χ1v) is 8.62. The average Bonchev–Trinajstić information content (AvgIpc) is 3.34. The number of nitrogens with one attached hydrogen (secondary N) is 1. The normalized spacial score (nSPS) is 20.8. The quantitative estimate of drug-likeness (QED) is 0.740. The second kappa shape index (κ2) is 7.92. The third-order valence-corrected chi connectivity index (χ3v) is 4.63. The zero-order valence-corrected chi connectivity index (χ0v) is 13.1. The summed E-state index contributed by atoms with van der Waals surface area (Å²) in [5, 5.41) is 3.60. The first kappa shape index (κ1) is 15.0. The number of benzene rings is 1. The van der Waals surface area contributed by atoms with Crippen LogP contribution in [0.1, 0.15) is 31.2 Å². The molecule has 0 aromatic heterocycles. The molecule has 1 aliphatic heterocycles. The molecular formula is C18H29N3. The highest BCUT2D eigenvalue weighted by Crippen LogP contribution is 2.18. The van der Waals surface area contributed by atoms with Crippen LogP contribution in [0.15, 0.2) is 30.3 Å². The van der Waals surface area contributed by atoms with E-state index in [0.29, 0.717) is 0 Å². The molecule has 0 unspecified atom stereocenters. The van der Waals surface area contributed by atoms with E-state index in [1.165, 1.54) is 70.5 Å². The van der Waals surface area contributed by atoms with Crippen molar-refractivity contribution in [2.75, 3.05) is 39.3 Å². The van der Waals surface area contributed by atoms with Crippen LogP contribution in [-0.2, 0) is 6.54 Å². The highest BCUT2D eigenvalue weighted by Gasteiger charge is 2.20. The predicted octanol–water partition coefficient (Wildman–Crippen LogP) is 2.34. The minimum Gasteiger partial charge on any atom is -0.314 e. The number of piperazine rings is 1. The monoisotopic (exact) mass is 287 g/mol. The summed E-state index contributed by atoms with van der Waals surface area (Å²) in [6.45, 7) is 8.53. The molecule has 1 aliphatic carbocycles. The maximum atomic E-state index is 3.60. The number of rotatable bonds is 8. The van der Waals surface area contributed by atoms with Crippen molar-refractivity contribution < 1.29 is 0 Å². The highest BCUT2D eigenvalue weighted by atomic mass is 15.3. The molecule has 0 atom stereocenters. The van der Waals surface area contributed by atoms with Crippen LogP contribution in [0.5, 0.6) is 0 Å². The molecule has 3 nitrogen and oxygen atoms in total. The lowest BCUT2D eigenvalue weighted by molar-refractivity contribution is 0.125. The van der Waals surface area contributed by atoms with Gasteiger partial charge in [-0.15, -0.1) is 0 Å². The Morgan fingerprint density at radius 2 is 1.62 bits per heavy atom. The molecule has 1 saturated heterocycles. The number of hydrogen-bond donors (Lipinski definition) is 1. The molecule has 1 saturated carbocycles. The fourth-order valence-corrected chi connectivity index (χ4v) is 3.07. The van der Waals surface area contributed by atoms with Crippen LogP contribution in [-0.4, -0.2) is 55.1 Å². The van der Waals surface area contributed by atoms with Crippen molar-refractivity contribution in [1.82, 2.24) is 15.1 Å². The second-order valence-electron chi connectivity index (χ2n) is 6.54. The molecule has 1 N–H and O–H groups in total. The summed E-state index contributed by atoms with van der Waals surface area (Å²) in [6, 6.07) is 11.7. The summed E-state index contributed by atoms with van der Waals surface area (Å²) in [7, 11) is 0. The fourth-order valence-electron chi connectivity index (χ4n) is 3.07. The van der Waals surface area contributed by atoms with E-state index in [2.05, 4.69) is 45.4 Å². The van der Waals surface area contributed by atoms with Crippen molar-refractivity contribution in [3.63, 3.8) is 0 Å². The molecular weight excluding hydrogens is 258 g/mol. The SMILES string of the molecule is c1ccc(CN2CCN(CCCCNC3CC3)CC2)cc1. The first-order valence-electron chi connectivity index (χ1n) is 8.62. The third-order valence-electron chi connectivity index (χ3n) is 4.63. The van der Waals surface area contributed by atoms with Gasteiger partial charge in [0.05, 0.1) is 0 Å². The van der Waals surface area contributed by atoms with Gasteiger partial charge < -0.3 is 10.2 Å². The summed E-state index contributed by atoms with van der Waals surface area (Å²) >= 11 is 0. The molecule has 1 aromatic carbocycles. The van der Waals surface area contributed by atoms with Crippen molar-refractivity contribution in [3.8, 4) is 0 Å². The topological polar surface area (TPSA) is 18.5 Å². The van der Waals surface area contributed by atoms with Gasteiger partial charge in [-0.25, -0.2) is 0 Å². The van der Waals surface area contributed by atoms with Crippen molar-refractivity contribution in [1.29, 1.82) is 0 Å². The van der Waals surface area contributed by atoms with Gasteiger partial charge in [-0.2, -0.15) is 0 Å². The molecule has 2 aliphatic rings. The minimum atomic E-state index is 0.867. The Hall–Kier alpha value is -0.900. The fraction of sp³-hybridized carbons (Fsp3) is 0.667. The van der Waals surface area contributed by atoms with Crippen molar-refractivity contribution in [2.24, 2.45) is 0 Å². The molecule has 0 bridgehead atoms. The number of unbranched alkanes of at least 4 members (excludes halogenated alkanes) is 1. The van der Waals surface area contributed by atoms with Gasteiger partial charge in [0.2, 0.25) is 0 Å². The summed E-state index contributed by atoms with van der Waals surface area (Å²) < 4.78 is 0. The largest absolute Gasteiger partial charge is 0.314 e. The van der Waals surface area contributed by atoms with Crippen LogP contribution in [0.3, 0.4) is 0 Å². The van der Waals surface area contributed by atoms with Gasteiger partial charge >= 0.3 is 0 Å². The lowest BCUT2D eigenvalue weighted by Gasteiger charge is -2.34. The van der Waals surface area contributed by atoms with E-state index in [1.807, 2.05) is 0 Å². The Morgan fingerprint density at radius 1 is 0.905 bits per heavy atom. The van der Waals surface area contributed by atoms with Crippen molar-refractivity contribution in [3.05, 3.63) is 35.9 Å². The van der Waals surface area contributed by atoms with E-state index in [-0.39, 0.29) is 0 Å². The van der Waals surface area contributed by atoms with Gasteiger partial charge in [0.15, 0.2) is 0 Å². The smallest absolute Gasteiger partial charge is 0.0234 e. The van der Waals surface area contributed by atoms with Gasteiger partial charge in [0.25, 0.3) is 0 Å². The average molecular weight is 287 g/mol. The summed E-state index contributed by atoms with van der Waals surface area (Å²) in [5.74, 6) is 0. The molecule has 0 spiro atoms. The summed E-state index contributed by atoms with van der Waals surface area (Å²) in [4.78, 5) is 5.22. The van der Waals surface area contributed by atoms with Gasteiger partial charge in [0, 0.05) is 38.8 Å². The Labute approximate surface area is 129 Å². The molecule has 1 aromatic rings. The summed E-state index contributed by atoms with van der Waals surface area (Å²) in [6.07, 6.45) is 5.49. The first-order chi connectivity index (χ1) is 10.4. The standard InChI is InChI=1S/C18H29N3/c1-2-6-17(7-3-1)16-21-14-12-20(13-15-21)11-5-4-10-19-18-8-9-18/h1-3,6-7,18-19H,4-5,8-16H2. The highest BCUT2D eigenvalue weighted by molar-refractivity contribution is 5.14. The zero-order valence-electron chi connectivity index (χ0n) is 13.1. The summed E-state index contributed by atoms with van der Waals surface area (Å²) in [5.41, 5.74) is 1.44. The second-order valence-corrected chi connectivity index (χ2v) is 6.54. The molecule has 21 heavy (non-hydrogen) atoms. The lowest BCUT2D eigenvalue weighted by atomic mass is 10.2. The Bertz CT molecular complexity index is 394. The molecule has 2 fully saturated rings. The van der Waals surface area contributed by atoms with Crippen LogP contribution in [0.4, 0.5) is 0 Å². The van der Waals surface area contributed by atoms with Crippen LogP contribution in [0, 0.1) is 0 Å². The van der Waals surface area contributed by atoms with Gasteiger partial charge in [-0.3, -0.25) is 4.90 Å². The maximum Gasteiger partial charge on any atom is 0.0234 e. The zero-order chi connectivity index (χ0) is 14.3. The Morgan fingerprint density at radius 3 is 2.33 bits per heavy atom. The molecule has 0 amide bonds. The molecule has 3 heteroatoms. The van der Waals surface area contributed by atoms with Crippen LogP contribution in [0.25, 0.3) is 0 Å². The molecule has 116 valence electrons. The van der Waals surface area contributed by atoms with Crippen LogP contribution < -0.4 is 5.32 Å². The van der Waals surface area contributed by atoms with E-state index in [9.17, 15) is 0 Å². The number of nitrogens with zero attached hydrogens (tertiary/aromatic N) is 2. The van der Waals surface area contributed by atoms with Gasteiger partial charge in [0.1, 0.15) is 0 Å². The molecule has 1 heterocycles. The van der Waals surface area contributed by atoms with Gasteiger partial charge in [-0.1, -0.05) is 30.3 Å². The van der Waals surface area contributed by atoms with Crippen LogP contribution >= 0.6 is 0 Å². The third kappa shape index (κ3) is 5.42. The minimum absolute atomic E-state index is 0.867. The van der Waals surface area contributed by atoms with Gasteiger partial charge in [-0.05, 0) is 44.3 Å². The van der Waals surface area contributed by atoms with E-state index in [0.717, 1.165) is 12.6 Å². The van der Waals surface area contributed by atoms with Crippen molar-refractivity contribution in [2.45, 2.75) is 38.3 Å². The Balaban J connectivity index is 1.26. The number of hydrogen-bond acceptors (Lipinski definition) is 3. The van der Waals surface area contributed by atoms with E-state index in [4.69, 9.17) is 0 Å². The molecule has 3 rings (SSSR count). The van der Waals surface area contributed by atoms with Crippen molar-refractivity contribution >= 4 is 0 Å². The van der Waals surface area contributed by atoms with E-state index in [1.54, 1.807) is 0 Å². The van der Waals surface area contributed by atoms with E-state index < -0.39 is 0 Å².